The third-order valence-corrected chi connectivity index (χ3v) is 5.61. The zero-order valence-electron chi connectivity index (χ0n) is 22.6. The lowest BCUT2D eigenvalue weighted by Crippen LogP contribution is -2.37. The number of rotatable bonds is 11. The van der Waals surface area contributed by atoms with E-state index in [9.17, 15) is 14.4 Å². The maximum absolute atomic E-state index is 12.3. The third kappa shape index (κ3) is 9.30. The summed E-state index contributed by atoms with van der Waals surface area (Å²) in [6.07, 6.45) is 1.38. The summed E-state index contributed by atoms with van der Waals surface area (Å²) < 4.78 is 11.3. The fourth-order valence-electron chi connectivity index (χ4n) is 3.55. The second-order valence-electron chi connectivity index (χ2n) is 9.12. The topological polar surface area (TPSA) is 118 Å². The molecule has 0 radical (unpaired) electrons. The van der Waals surface area contributed by atoms with Gasteiger partial charge in [0.25, 0.3) is 5.91 Å². The van der Waals surface area contributed by atoms with E-state index in [0.29, 0.717) is 35.3 Å². The van der Waals surface area contributed by atoms with Crippen LogP contribution in [0.3, 0.4) is 0 Å². The first kappa shape index (κ1) is 28.9. The lowest BCUT2D eigenvalue weighted by molar-refractivity contribution is -0.139. The van der Waals surface area contributed by atoms with Crippen molar-refractivity contribution in [3.8, 4) is 11.5 Å². The molecular formula is C30H34N4O5. The van der Waals surface area contributed by atoms with Crippen LogP contribution in [0.5, 0.6) is 11.5 Å². The van der Waals surface area contributed by atoms with E-state index in [-0.39, 0.29) is 19.1 Å². The summed E-state index contributed by atoms with van der Waals surface area (Å²) in [6.45, 7) is 8.40. The van der Waals surface area contributed by atoms with Gasteiger partial charge in [-0.05, 0) is 72.4 Å². The Morgan fingerprint density at radius 1 is 0.923 bits per heavy atom. The molecule has 9 nitrogen and oxygen atoms in total. The van der Waals surface area contributed by atoms with Crippen LogP contribution in [0.15, 0.2) is 71.8 Å². The van der Waals surface area contributed by atoms with E-state index in [0.717, 1.165) is 11.1 Å². The Hall–Kier alpha value is -4.66. The van der Waals surface area contributed by atoms with Crippen molar-refractivity contribution in [2.45, 2.75) is 40.2 Å². The van der Waals surface area contributed by atoms with Crippen molar-refractivity contribution < 1.29 is 23.9 Å². The number of hydrogen-bond acceptors (Lipinski definition) is 6. The Kier molecular flexibility index (Phi) is 10.6. The molecule has 3 aromatic carbocycles. The average molecular weight is 531 g/mol. The summed E-state index contributed by atoms with van der Waals surface area (Å²) >= 11 is 0. The molecule has 204 valence electrons. The first-order valence-electron chi connectivity index (χ1n) is 12.7. The summed E-state index contributed by atoms with van der Waals surface area (Å²) in [5.74, 6) is -0.753. The summed E-state index contributed by atoms with van der Waals surface area (Å²) in [5.41, 5.74) is 6.64. The van der Waals surface area contributed by atoms with E-state index < -0.39 is 11.8 Å². The molecule has 0 aromatic heterocycles. The summed E-state index contributed by atoms with van der Waals surface area (Å²) in [5, 5.41) is 9.23. The number of amides is 3. The Morgan fingerprint density at radius 3 is 2.38 bits per heavy atom. The molecule has 3 N–H and O–H groups in total. The van der Waals surface area contributed by atoms with E-state index in [1.165, 1.54) is 11.8 Å². The van der Waals surface area contributed by atoms with Crippen LogP contribution in [-0.4, -0.2) is 37.1 Å². The average Bonchev–Trinajstić information content (AvgIpc) is 2.91. The highest BCUT2D eigenvalue weighted by Gasteiger charge is 2.13. The van der Waals surface area contributed by atoms with Crippen molar-refractivity contribution in [2.24, 2.45) is 5.10 Å². The maximum atomic E-state index is 12.3. The highest BCUT2D eigenvalue weighted by atomic mass is 16.5. The number of nitrogens with zero attached hydrogens (tertiary/aromatic N) is 1. The number of aryl methyl sites for hydroxylation is 1. The molecule has 0 heterocycles. The summed E-state index contributed by atoms with van der Waals surface area (Å²) in [4.78, 5) is 36.5. The highest BCUT2D eigenvalue weighted by molar-refractivity contribution is 6.35. The van der Waals surface area contributed by atoms with Crippen molar-refractivity contribution in [3.05, 3.63) is 89.0 Å². The first-order chi connectivity index (χ1) is 18.7. The molecule has 0 unspecified atom stereocenters. The van der Waals surface area contributed by atoms with Gasteiger partial charge in [0.05, 0.1) is 12.8 Å². The van der Waals surface area contributed by atoms with Gasteiger partial charge in [-0.3, -0.25) is 14.4 Å². The Labute approximate surface area is 228 Å². The van der Waals surface area contributed by atoms with Crippen LogP contribution in [0.2, 0.25) is 0 Å². The van der Waals surface area contributed by atoms with Gasteiger partial charge in [-0.2, -0.15) is 5.10 Å². The Balaban J connectivity index is 1.50. The molecule has 3 amide bonds. The molecule has 0 spiro atoms. The number of hydrogen-bond donors (Lipinski definition) is 3. The van der Waals surface area contributed by atoms with Crippen molar-refractivity contribution in [3.63, 3.8) is 0 Å². The monoisotopic (exact) mass is 530 g/mol. The van der Waals surface area contributed by atoms with Gasteiger partial charge in [0.1, 0.15) is 0 Å². The van der Waals surface area contributed by atoms with Crippen LogP contribution in [-0.2, 0) is 20.9 Å². The van der Waals surface area contributed by atoms with Gasteiger partial charge >= 0.3 is 11.8 Å². The number of anilines is 1. The molecular weight excluding hydrogens is 496 g/mol. The van der Waals surface area contributed by atoms with Gasteiger partial charge in [0, 0.05) is 12.2 Å². The van der Waals surface area contributed by atoms with E-state index in [1.807, 2.05) is 56.3 Å². The predicted molar refractivity (Wildman–Crippen MR) is 151 cm³/mol. The van der Waals surface area contributed by atoms with Crippen LogP contribution < -0.4 is 25.5 Å². The Bertz CT molecular complexity index is 1320. The van der Waals surface area contributed by atoms with Gasteiger partial charge in [0.2, 0.25) is 0 Å². The Morgan fingerprint density at radius 2 is 1.69 bits per heavy atom. The zero-order chi connectivity index (χ0) is 28.2. The van der Waals surface area contributed by atoms with Crippen molar-refractivity contribution >= 4 is 29.6 Å². The van der Waals surface area contributed by atoms with Crippen LogP contribution in [0.1, 0.15) is 48.9 Å². The van der Waals surface area contributed by atoms with E-state index in [4.69, 9.17) is 9.47 Å². The fourth-order valence-corrected chi connectivity index (χ4v) is 3.55. The van der Waals surface area contributed by atoms with Crippen molar-refractivity contribution in [2.75, 3.05) is 18.5 Å². The van der Waals surface area contributed by atoms with Gasteiger partial charge < -0.3 is 20.1 Å². The normalized spacial score (nSPS) is 10.8. The second kappa shape index (κ2) is 14.3. The SMILES string of the molecule is CCOc1cc(/C=N\NC(=O)C(=O)NCc2ccc(C(C)C)cc2)ccc1OCC(=O)Nc1cccc(C)c1. The predicted octanol–water partition coefficient (Wildman–Crippen LogP) is 4.30. The van der Waals surface area contributed by atoms with E-state index in [2.05, 4.69) is 35.0 Å². The minimum atomic E-state index is -0.880. The maximum Gasteiger partial charge on any atom is 0.329 e. The van der Waals surface area contributed by atoms with Crippen LogP contribution >= 0.6 is 0 Å². The minimum absolute atomic E-state index is 0.200. The lowest BCUT2D eigenvalue weighted by atomic mass is 10.0. The van der Waals surface area contributed by atoms with Crippen LogP contribution in [0, 0.1) is 6.92 Å². The first-order valence-corrected chi connectivity index (χ1v) is 12.7. The zero-order valence-corrected chi connectivity index (χ0v) is 22.6. The standard InChI is InChI=1S/C30H34N4O5/c1-5-38-27-16-23(11-14-26(27)39-19-28(35)33-25-8-6-7-21(4)15-25)18-32-34-30(37)29(36)31-17-22-9-12-24(13-10-22)20(2)3/h6-16,18,20H,5,17,19H2,1-4H3,(H,31,36)(H,33,35)(H,34,37)/b32-18-. The van der Waals surface area contributed by atoms with Gasteiger partial charge in [-0.15, -0.1) is 0 Å². The summed E-state index contributed by atoms with van der Waals surface area (Å²) in [7, 11) is 0. The number of carbonyl (C=O) groups is 3. The minimum Gasteiger partial charge on any atom is -0.490 e. The molecule has 39 heavy (non-hydrogen) atoms. The number of carbonyl (C=O) groups excluding carboxylic acids is 3. The van der Waals surface area contributed by atoms with Crippen molar-refractivity contribution in [1.29, 1.82) is 0 Å². The molecule has 3 aromatic rings. The quantitative estimate of drug-likeness (QED) is 0.194. The lowest BCUT2D eigenvalue weighted by Gasteiger charge is -2.13. The van der Waals surface area contributed by atoms with Crippen LogP contribution in [0.25, 0.3) is 0 Å². The van der Waals surface area contributed by atoms with E-state index >= 15 is 0 Å². The number of benzene rings is 3. The van der Waals surface area contributed by atoms with Crippen molar-refractivity contribution in [1.82, 2.24) is 10.7 Å². The molecule has 0 aliphatic heterocycles. The molecule has 0 saturated carbocycles. The second-order valence-corrected chi connectivity index (χ2v) is 9.12. The molecule has 0 aliphatic rings. The highest BCUT2D eigenvalue weighted by Crippen LogP contribution is 2.28. The van der Waals surface area contributed by atoms with Crippen LogP contribution in [0.4, 0.5) is 5.69 Å². The van der Waals surface area contributed by atoms with Gasteiger partial charge in [-0.1, -0.05) is 50.2 Å². The number of nitrogens with one attached hydrogen (secondary N) is 3. The fraction of sp³-hybridized carbons (Fsp3) is 0.267. The molecule has 0 fully saturated rings. The molecule has 3 rings (SSSR count). The third-order valence-electron chi connectivity index (χ3n) is 5.61. The summed E-state index contributed by atoms with van der Waals surface area (Å²) in [6, 6.07) is 20.3. The van der Waals surface area contributed by atoms with Gasteiger partial charge in [-0.25, -0.2) is 5.43 Å². The van der Waals surface area contributed by atoms with E-state index in [1.54, 1.807) is 24.3 Å². The van der Waals surface area contributed by atoms with Gasteiger partial charge in [0.15, 0.2) is 18.1 Å². The molecule has 0 atom stereocenters. The largest absolute Gasteiger partial charge is 0.490 e. The molecule has 9 heteroatoms. The molecule has 0 bridgehead atoms. The number of hydrazone groups is 1. The number of ether oxygens (including phenoxy) is 2. The molecule has 0 aliphatic carbocycles. The molecule has 0 saturated heterocycles. The smallest absolute Gasteiger partial charge is 0.329 e.